The van der Waals surface area contributed by atoms with Gasteiger partial charge >= 0.3 is 0 Å². The van der Waals surface area contributed by atoms with Gasteiger partial charge in [-0.25, -0.2) is 0 Å². The maximum Gasteiger partial charge on any atom is 0.240 e. The topological polar surface area (TPSA) is 79.1 Å². The van der Waals surface area contributed by atoms with E-state index in [0.29, 0.717) is 24.0 Å². The number of fused-ring (bicyclic) bond motifs is 1. The van der Waals surface area contributed by atoms with Crippen LogP contribution < -0.4 is 18.9 Å². The van der Waals surface area contributed by atoms with Gasteiger partial charge < -0.3 is 23.5 Å². The van der Waals surface area contributed by atoms with Crippen LogP contribution in [0, 0.1) is 0 Å². The fourth-order valence-electron chi connectivity index (χ4n) is 4.60. The molecular formula is C28H29N3O5. The van der Waals surface area contributed by atoms with E-state index in [4.69, 9.17) is 23.5 Å². The number of benzene rings is 3. The van der Waals surface area contributed by atoms with Gasteiger partial charge in [-0.3, -0.25) is 4.90 Å². The molecule has 8 nitrogen and oxygen atoms in total. The van der Waals surface area contributed by atoms with Crippen molar-refractivity contribution in [2.75, 3.05) is 27.9 Å². The summed E-state index contributed by atoms with van der Waals surface area (Å²) in [6.07, 6.45) is 0.876. The molecule has 0 spiro atoms. The van der Waals surface area contributed by atoms with E-state index in [1.165, 1.54) is 16.7 Å². The molecule has 0 saturated heterocycles. The summed E-state index contributed by atoms with van der Waals surface area (Å²) in [6.45, 7) is 1.57. The number of rotatable bonds is 9. The fourth-order valence-corrected chi connectivity index (χ4v) is 4.60. The Hall–Kier alpha value is -4.04. The molecule has 36 heavy (non-hydrogen) atoms. The van der Waals surface area contributed by atoms with Gasteiger partial charge in [0.1, 0.15) is 11.5 Å². The van der Waals surface area contributed by atoms with Gasteiger partial charge in [-0.15, -0.1) is 0 Å². The molecule has 5 rings (SSSR count). The summed E-state index contributed by atoms with van der Waals surface area (Å²) in [4.78, 5) is 6.94. The van der Waals surface area contributed by atoms with Gasteiger partial charge in [-0.1, -0.05) is 35.5 Å². The van der Waals surface area contributed by atoms with Crippen LogP contribution in [0.5, 0.6) is 23.0 Å². The second kappa shape index (κ2) is 10.7. The van der Waals surface area contributed by atoms with Crippen molar-refractivity contribution in [3.63, 3.8) is 0 Å². The quantitative estimate of drug-likeness (QED) is 0.332. The molecule has 0 N–H and O–H groups in total. The second-order valence-electron chi connectivity index (χ2n) is 8.51. The van der Waals surface area contributed by atoms with Crippen LogP contribution in [0.4, 0.5) is 0 Å². The van der Waals surface area contributed by atoms with E-state index >= 15 is 0 Å². The molecular weight excluding hydrogens is 458 g/mol. The lowest BCUT2D eigenvalue weighted by Crippen LogP contribution is -2.35. The highest BCUT2D eigenvalue weighted by molar-refractivity contribution is 5.51. The van der Waals surface area contributed by atoms with Gasteiger partial charge in [0.25, 0.3) is 0 Å². The predicted molar refractivity (Wildman–Crippen MR) is 134 cm³/mol. The Morgan fingerprint density at radius 3 is 2.33 bits per heavy atom. The molecule has 4 aromatic rings. The summed E-state index contributed by atoms with van der Waals surface area (Å²) in [5.74, 6) is 4.00. The van der Waals surface area contributed by atoms with Crippen LogP contribution in [0.3, 0.4) is 0 Å². The Bertz CT molecular complexity index is 1290. The van der Waals surface area contributed by atoms with Crippen LogP contribution >= 0.6 is 0 Å². The summed E-state index contributed by atoms with van der Waals surface area (Å²) in [6, 6.07) is 22.0. The molecule has 0 unspecified atom stereocenters. The van der Waals surface area contributed by atoms with Gasteiger partial charge in [-0.2, -0.15) is 4.98 Å². The molecule has 8 heteroatoms. The number of hydrogen-bond acceptors (Lipinski definition) is 8. The Balaban J connectivity index is 1.36. The van der Waals surface area contributed by atoms with Gasteiger partial charge in [0, 0.05) is 6.54 Å². The minimum Gasteiger partial charge on any atom is -0.497 e. The minimum atomic E-state index is 0.0145. The Morgan fingerprint density at radius 1 is 0.889 bits per heavy atom. The summed E-state index contributed by atoms with van der Waals surface area (Å²) in [7, 11) is 4.96. The molecule has 2 heterocycles. The highest BCUT2D eigenvalue weighted by Crippen LogP contribution is 2.41. The molecule has 0 aliphatic carbocycles. The van der Waals surface area contributed by atoms with Crippen molar-refractivity contribution in [1.82, 2.24) is 15.0 Å². The monoisotopic (exact) mass is 487 g/mol. The van der Waals surface area contributed by atoms with Crippen molar-refractivity contribution in [2.24, 2.45) is 0 Å². The van der Waals surface area contributed by atoms with Crippen LogP contribution in [0.15, 0.2) is 71.3 Å². The first-order valence-corrected chi connectivity index (χ1v) is 11.8. The standard InChI is InChI=1S/C28H29N3O5/c1-32-21-9-11-22(12-10-21)35-18-26-29-27(36-30-26)17-31-14-13-20-15-24(33-2)25(34-3)16-23(20)28(31)19-7-5-4-6-8-19/h4-12,15-16,28H,13-14,17-18H2,1-3H3/t28-/m1/s1. The van der Waals surface area contributed by atoms with Gasteiger partial charge in [0.2, 0.25) is 11.7 Å². The van der Waals surface area contributed by atoms with Gasteiger partial charge in [0.15, 0.2) is 18.1 Å². The Labute approximate surface area is 210 Å². The molecule has 3 aromatic carbocycles. The van der Waals surface area contributed by atoms with E-state index in [1.807, 2.05) is 30.3 Å². The summed E-state index contributed by atoms with van der Waals surface area (Å²) in [5.41, 5.74) is 3.62. The van der Waals surface area contributed by atoms with Crippen LogP contribution in [0.2, 0.25) is 0 Å². The molecule has 186 valence electrons. The zero-order chi connectivity index (χ0) is 24.9. The molecule has 0 radical (unpaired) electrons. The lowest BCUT2D eigenvalue weighted by Gasteiger charge is -2.37. The van der Waals surface area contributed by atoms with Crippen molar-refractivity contribution in [1.29, 1.82) is 0 Å². The van der Waals surface area contributed by atoms with Crippen molar-refractivity contribution >= 4 is 0 Å². The molecule has 1 aliphatic heterocycles. The highest BCUT2D eigenvalue weighted by Gasteiger charge is 2.31. The minimum absolute atomic E-state index is 0.0145. The third kappa shape index (κ3) is 4.99. The van der Waals surface area contributed by atoms with Crippen molar-refractivity contribution in [3.8, 4) is 23.0 Å². The first-order chi connectivity index (χ1) is 17.7. The van der Waals surface area contributed by atoms with Gasteiger partial charge in [0.05, 0.1) is 33.9 Å². The predicted octanol–water partition coefficient (Wildman–Crippen LogP) is 4.82. The van der Waals surface area contributed by atoms with Crippen molar-refractivity contribution in [2.45, 2.75) is 25.6 Å². The van der Waals surface area contributed by atoms with E-state index in [-0.39, 0.29) is 12.6 Å². The van der Waals surface area contributed by atoms with Crippen LogP contribution in [-0.4, -0.2) is 42.9 Å². The fraction of sp³-hybridized carbons (Fsp3) is 0.286. The zero-order valence-corrected chi connectivity index (χ0v) is 20.6. The lowest BCUT2D eigenvalue weighted by molar-refractivity contribution is 0.177. The number of aromatic nitrogens is 2. The second-order valence-corrected chi connectivity index (χ2v) is 8.51. The summed E-state index contributed by atoms with van der Waals surface area (Å²) in [5, 5.41) is 4.12. The number of ether oxygens (including phenoxy) is 4. The van der Waals surface area contributed by atoms with Crippen LogP contribution in [0.1, 0.15) is 34.4 Å². The van der Waals surface area contributed by atoms with Crippen LogP contribution in [-0.2, 0) is 19.6 Å². The number of methoxy groups -OCH3 is 3. The molecule has 1 atom stereocenters. The molecule has 1 aliphatic rings. The van der Waals surface area contributed by atoms with Crippen LogP contribution in [0.25, 0.3) is 0 Å². The average Bonchev–Trinajstić information content (AvgIpc) is 3.39. The molecule has 0 saturated carbocycles. The third-order valence-electron chi connectivity index (χ3n) is 6.36. The summed E-state index contributed by atoms with van der Waals surface area (Å²) < 4.78 is 27.7. The van der Waals surface area contributed by atoms with E-state index in [9.17, 15) is 0 Å². The smallest absolute Gasteiger partial charge is 0.240 e. The van der Waals surface area contributed by atoms with Crippen molar-refractivity contribution in [3.05, 3.63) is 95.1 Å². The average molecular weight is 488 g/mol. The molecule has 1 aromatic heterocycles. The van der Waals surface area contributed by atoms with Crippen molar-refractivity contribution < 1.29 is 23.5 Å². The SMILES string of the molecule is COc1ccc(OCc2noc(CN3CCc4cc(OC)c(OC)cc4[C@H]3c3ccccc3)n2)cc1. The summed E-state index contributed by atoms with van der Waals surface area (Å²) >= 11 is 0. The molecule has 0 fully saturated rings. The van der Waals surface area contributed by atoms with E-state index in [2.05, 4.69) is 51.4 Å². The van der Waals surface area contributed by atoms with E-state index in [1.54, 1.807) is 21.3 Å². The van der Waals surface area contributed by atoms with Gasteiger partial charge in [-0.05, 0) is 59.5 Å². The molecule has 0 bridgehead atoms. The largest absolute Gasteiger partial charge is 0.497 e. The zero-order valence-electron chi connectivity index (χ0n) is 20.6. The number of hydrogen-bond donors (Lipinski definition) is 0. The maximum absolute atomic E-state index is 5.80. The lowest BCUT2D eigenvalue weighted by atomic mass is 9.87. The highest BCUT2D eigenvalue weighted by atomic mass is 16.5. The van der Waals surface area contributed by atoms with E-state index in [0.717, 1.165) is 30.2 Å². The maximum atomic E-state index is 5.80. The Morgan fingerprint density at radius 2 is 1.61 bits per heavy atom. The Kier molecular flexibility index (Phi) is 7.04. The molecule has 0 amide bonds. The number of nitrogens with zero attached hydrogens (tertiary/aromatic N) is 3. The third-order valence-corrected chi connectivity index (χ3v) is 6.36. The first-order valence-electron chi connectivity index (χ1n) is 11.8. The normalized spacial score (nSPS) is 15.2. The van der Waals surface area contributed by atoms with E-state index < -0.39 is 0 Å². The first kappa shape index (κ1) is 23.7.